The predicted molar refractivity (Wildman–Crippen MR) is 150 cm³/mol. The Labute approximate surface area is 240 Å². The van der Waals surface area contributed by atoms with Gasteiger partial charge in [0.1, 0.15) is 29.3 Å². The van der Waals surface area contributed by atoms with Crippen LogP contribution in [0.1, 0.15) is 41.0 Å². The lowest BCUT2D eigenvalue weighted by molar-refractivity contribution is -0.140. The molecule has 2 heterocycles. The number of carbonyl (C=O) groups excluding carboxylic acids is 1. The summed E-state index contributed by atoms with van der Waals surface area (Å²) in [5, 5.41) is 2.99. The Balaban J connectivity index is 1.73. The summed E-state index contributed by atoms with van der Waals surface area (Å²) in [4.78, 5) is 18.6. The number of hydrogen-bond acceptors (Lipinski definition) is 7. The average Bonchev–Trinajstić information content (AvgIpc) is 3.20. The molecule has 3 N–H and O–H groups in total. The average molecular weight is 610 g/mol. The largest absolute Gasteiger partial charge is 0.495 e. The van der Waals surface area contributed by atoms with Crippen LogP contribution in [0.15, 0.2) is 35.2 Å². The Kier molecular flexibility index (Phi) is 8.48. The molecule has 1 aliphatic rings. The number of methoxy groups -OCH3 is 1. The third-order valence-corrected chi connectivity index (χ3v) is 8.21. The number of nitrogens with two attached hydrogens (primary N) is 1. The van der Waals surface area contributed by atoms with E-state index < -0.39 is 40.1 Å². The van der Waals surface area contributed by atoms with Crippen molar-refractivity contribution in [2.75, 3.05) is 45.4 Å². The van der Waals surface area contributed by atoms with Crippen molar-refractivity contribution in [1.29, 1.82) is 0 Å². The lowest BCUT2D eigenvalue weighted by atomic mass is 9.83. The van der Waals surface area contributed by atoms with Crippen molar-refractivity contribution in [2.24, 2.45) is 5.73 Å². The Hall–Kier alpha value is -3.83. The molecule has 0 radical (unpaired) electrons. The highest BCUT2D eigenvalue weighted by atomic mass is 32.2. The summed E-state index contributed by atoms with van der Waals surface area (Å²) in [7, 11) is -0.328. The lowest BCUT2D eigenvalue weighted by Gasteiger charge is -2.39. The second kappa shape index (κ2) is 11.4. The van der Waals surface area contributed by atoms with E-state index in [4.69, 9.17) is 10.5 Å². The molecule has 14 heteroatoms. The van der Waals surface area contributed by atoms with Crippen LogP contribution in [-0.2, 0) is 16.4 Å². The number of amides is 1. The van der Waals surface area contributed by atoms with Gasteiger partial charge in [0.2, 0.25) is 0 Å². The fraction of sp³-hybridized carbons (Fsp3) is 0.429. The molecule has 0 spiro atoms. The zero-order valence-corrected chi connectivity index (χ0v) is 24.3. The zero-order valence-electron chi connectivity index (χ0n) is 23.5. The van der Waals surface area contributed by atoms with Crippen LogP contribution in [0.4, 0.5) is 23.2 Å². The lowest BCUT2D eigenvalue weighted by Crippen LogP contribution is -2.47. The molecule has 226 valence electrons. The molecule has 1 amide bonds. The Morgan fingerprint density at radius 2 is 2.00 bits per heavy atom. The topological polar surface area (TPSA) is 120 Å². The monoisotopic (exact) mass is 609 g/mol. The highest BCUT2D eigenvalue weighted by Crippen LogP contribution is 2.40. The second-order valence-electron chi connectivity index (χ2n) is 10.6. The van der Waals surface area contributed by atoms with Crippen molar-refractivity contribution in [3.63, 3.8) is 0 Å². The summed E-state index contributed by atoms with van der Waals surface area (Å²) in [6, 6.07) is 7.02. The van der Waals surface area contributed by atoms with E-state index in [0.717, 1.165) is 10.8 Å². The van der Waals surface area contributed by atoms with E-state index in [1.807, 2.05) is 0 Å². The number of sulfone groups is 1. The number of nitrogens with zero attached hydrogens (tertiary/aromatic N) is 3. The van der Waals surface area contributed by atoms with Gasteiger partial charge in [-0.3, -0.25) is 4.79 Å². The first-order valence-corrected chi connectivity index (χ1v) is 14.8. The van der Waals surface area contributed by atoms with Gasteiger partial charge in [0.05, 0.1) is 41.2 Å². The molecule has 0 saturated carbocycles. The summed E-state index contributed by atoms with van der Waals surface area (Å²) in [6.45, 7) is 0.435. The molecular weight excluding hydrogens is 578 g/mol. The van der Waals surface area contributed by atoms with Gasteiger partial charge in [-0.05, 0) is 51.2 Å². The standard InChI is InChI=1S/C28H31F4N5O4S/c1-27(29)15-36(2)11-9-20(27)26-35-24-19(25(33)38)12-17(13-22(24)37(26)16-28(30,31)32)6-5-10-34-21-8-7-18(42(4,39)40)14-23(21)41-3/h7-8,12-14,20,34H,9-11,15-16H2,1-4H3,(H2,33,38)/t20-,27+/m1/s1. The Morgan fingerprint density at radius 1 is 1.29 bits per heavy atom. The highest BCUT2D eigenvalue weighted by Gasteiger charge is 2.44. The maximum absolute atomic E-state index is 15.7. The molecule has 0 unspecified atom stereocenters. The number of alkyl halides is 4. The number of nitrogens with one attached hydrogen (secondary N) is 1. The molecule has 1 aromatic heterocycles. The molecule has 1 fully saturated rings. The summed E-state index contributed by atoms with van der Waals surface area (Å²) >= 11 is 0. The van der Waals surface area contributed by atoms with Crippen LogP contribution < -0.4 is 15.8 Å². The molecule has 2 atom stereocenters. The minimum Gasteiger partial charge on any atom is -0.495 e. The van der Waals surface area contributed by atoms with Gasteiger partial charge in [0.15, 0.2) is 9.84 Å². The van der Waals surface area contributed by atoms with E-state index in [9.17, 15) is 26.4 Å². The summed E-state index contributed by atoms with van der Waals surface area (Å²) < 4.78 is 86.7. The van der Waals surface area contributed by atoms with Crippen molar-refractivity contribution in [2.45, 2.75) is 42.5 Å². The number of benzene rings is 2. The second-order valence-corrected chi connectivity index (χ2v) is 12.6. The molecule has 1 aliphatic heterocycles. The fourth-order valence-electron chi connectivity index (χ4n) is 5.21. The maximum atomic E-state index is 15.7. The zero-order chi connectivity index (χ0) is 31.0. The molecular formula is C28H31F4N5O4S. The summed E-state index contributed by atoms with van der Waals surface area (Å²) in [5.41, 5.74) is 4.20. The summed E-state index contributed by atoms with van der Waals surface area (Å²) in [5.74, 6) is 3.97. The van der Waals surface area contributed by atoms with Crippen molar-refractivity contribution >= 4 is 32.5 Å². The first-order valence-electron chi connectivity index (χ1n) is 12.9. The van der Waals surface area contributed by atoms with Crippen LogP contribution in [0.2, 0.25) is 0 Å². The number of rotatable bonds is 7. The molecule has 0 bridgehead atoms. The number of likely N-dealkylation sites (tertiary alicyclic amines) is 1. The number of anilines is 1. The third-order valence-electron chi connectivity index (χ3n) is 7.10. The number of imidazole rings is 1. The maximum Gasteiger partial charge on any atom is 0.406 e. The van der Waals surface area contributed by atoms with Gasteiger partial charge < -0.3 is 25.3 Å². The highest BCUT2D eigenvalue weighted by molar-refractivity contribution is 7.90. The number of primary amides is 1. The molecule has 2 aromatic carbocycles. The number of carbonyl (C=O) groups is 1. The smallest absolute Gasteiger partial charge is 0.406 e. The number of aromatic nitrogens is 2. The Bertz CT molecular complexity index is 1690. The van der Waals surface area contributed by atoms with Gasteiger partial charge in [0, 0.05) is 24.4 Å². The van der Waals surface area contributed by atoms with Gasteiger partial charge >= 0.3 is 6.18 Å². The van der Waals surface area contributed by atoms with Gasteiger partial charge in [-0.25, -0.2) is 17.8 Å². The van der Waals surface area contributed by atoms with Crippen LogP contribution in [0.3, 0.4) is 0 Å². The SMILES string of the molecule is COc1cc(S(C)(=O)=O)ccc1NCC#Cc1cc(C(N)=O)c2nc([C@H]3CCN(C)C[C@]3(C)F)n(CC(F)(F)F)c2c1. The number of piperidine rings is 1. The van der Waals surface area contributed by atoms with Crippen molar-refractivity contribution in [3.05, 3.63) is 47.3 Å². The number of fused-ring (bicyclic) bond motifs is 1. The number of halogens is 4. The first kappa shape index (κ1) is 31.1. The molecule has 1 saturated heterocycles. The van der Waals surface area contributed by atoms with Crippen LogP contribution in [-0.4, -0.2) is 80.7 Å². The van der Waals surface area contributed by atoms with Crippen LogP contribution >= 0.6 is 0 Å². The molecule has 4 rings (SSSR count). The first-order chi connectivity index (χ1) is 19.5. The minimum absolute atomic E-state index is 0.0149. The molecule has 3 aromatic rings. The molecule has 0 aliphatic carbocycles. The van der Waals surface area contributed by atoms with Gasteiger partial charge in [-0.2, -0.15) is 13.2 Å². The van der Waals surface area contributed by atoms with Gasteiger partial charge in [-0.1, -0.05) is 11.8 Å². The van der Waals surface area contributed by atoms with Gasteiger partial charge in [0.25, 0.3) is 5.91 Å². The predicted octanol–water partition coefficient (Wildman–Crippen LogP) is 3.72. The van der Waals surface area contributed by atoms with E-state index in [1.165, 1.54) is 44.4 Å². The van der Waals surface area contributed by atoms with Crippen LogP contribution in [0.25, 0.3) is 11.0 Å². The van der Waals surface area contributed by atoms with Crippen LogP contribution in [0.5, 0.6) is 5.75 Å². The van der Waals surface area contributed by atoms with Crippen molar-refractivity contribution in [1.82, 2.24) is 14.5 Å². The van der Waals surface area contributed by atoms with Crippen LogP contribution in [0, 0.1) is 11.8 Å². The molecule has 9 nitrogen and oxygen atoms in total. The third kappa shape index (κ3) is 6.79. The normalized spacial score (nSPS) is 19.8. The number of hydrogen-bond donors (Lipinski definition) is 2. The summed E-state index contributed by atoms with van der Waals surface area (Å²) in [6.07, 6.45) is -3.33. The van der Waals surface area contributed by atoms with Crippen molar-refractivity contribution < 1.29 is 35.5 Å². The van der Waals surface area contributed by atoms with Crippen molar-refractivity contribution in [3.8, 4) is 17.6 Å². The van der Waals surface area contributed by atoms with E-state index in [0.29, 0.717) is 12.2 Å². The number of ether oxygens (including phenoxy) is 1. The Morgan fingerprint density at radius 3 is 2.60 bits per heavy atom. The quantitative estimate of drug-likeness (QED) is 0.310. The minimum atomic E-state index is -4.65. The van der Waals surface area contributed by atoms with E-state index in [2.05, 4.69) is 22.1 Å². The van der Waals surface area contributed by atoms with E-state index >= 15 is 4.39 Å². The van der Waals surface area contributed by atoms with Gasteiger partial charge in [-0.15, -0.1) is 0 Å². The fourth-order valence-corrected chi connectivity index (χ4v) is 5.85. The van der Waals surface area contributed by atoms with E-state index in [1.54, 1.807) is 11.9 Å². The van der Waals surface area contributed by atoms with E-state index in [-0.39, 0.29) is 58.1 Å². The molecule has 42 heavy (non-hydrogen) atoms.